The maximum atomic E-state index is 13.8. The van der Waals surface area contributed by atoms with Crippen LogP contribution in [0.1, 0.15) is 59.8 Å². The van der Waals surface area contributed by atoms with Gasteiger partial charge >= 0.3 is 12.4 Å². The van der Waals surface area contributed by atoms with Crippen molar-refractivity contribution in [1.29, 1.82) is 0 Å². The molecule has 5 rings (SSSR count). The van der Waals surface area contributed by atoms with Gasteiger partial charge in [-0.25, -0.2) is 0 Å². The predicted molar refractivity (Wildman–Crippen MR) is 178 cm³/mol. The largest absolute Gasteiger partial charge is 0.496 e. The van der Waals surface area contributed by atoms with Gasteiger partial charge in [-0.05, 0) is 68.9 Å². The molecule has 1 heterocycles. The van der Waals surface area contributed by atoms with E-state index in [9.17, 15) is 48.0 Å². The molecule has 52 heavy (non-hydrogen) atoms. The number of alkyl halides is 6. The van der Waals surface area contributed by atoms with Crippen LogP contribution in [0.3, 0.4) is 0 Å². The molecule has 1 fully saturated rings. The van der Waals surface area contributed by atoms with E-state index < -0.39 is 82.3 Å². The van der Waals surface area contributed by atoms with E-state index in [1.165, 1.54) is 18.2 Å². The molecule has 1 amide bonds. The first-order valence-corrected chi connectivity index (χ1v) is 18.3. The molecule has 10 nitrogen and oxygen atoms in total. The van der Waals surface area contributed by atoms with Gasteiger partial charge < -0.3 is 10.1 Å². The molecule has 0 bridgehead atoms. The van der Waals surface area contributed by atoms with E-state index in [1.807, 2.05) is 13.8 Å². The first kappa shape index (κ1) is 40.5. The van der Waals surface area contributed by atoms with Crippen molar-refractivity contribution in [3.05, 3.63) is 101 Å². The first-order chi connectivity index (χ1) is 24.0. The van der Waals surface area contributed by atoms with Crippen LogP contribution < -0.4 is 10.1 Å². The molecule has 0 spiro atoms. The minimum absolute atomic E-state index is 0.0233. The fourth-order valence-electron chi connectivity index (χ4n) is 6.08. The summed E-state index contributed by atoms with van der Waals surface area (Å²) in [4.78, 5) is 13.8. The molecule has 4 aromatic carbocycles. The van der Waals surface area contributed by atoms with Gasteiger partial charge in [0.1, 0.15) is 15.5 Å². The van der Waals surface area contributed by atoms with Crippen LogP contribution in [0.2, 0.25) is 0 Å². The number of likely N-dealkylation sites (tertiary alicyclic amines) is 1. The first-order valence-electron chi connectivity index (χ1n) is 15.4. The Hall–Kier alpha value is -4.23. The molecular formula is C34H34F6N2O8S2. The zero-order chi connectivity index (χ0) is 38.9. The topological polar surface area (TPSA) is 150 Å². The summed E-state index contributed by atoms with van der Waals surface area (Å²) >= 11 is 0. The minimum Gasteiger partial charge on any atom is -0.496 e. The molecule has 1 saturated heterocycles. The second-order valence-electron chi connectivity index (χ2n) is 12.3. The van der Waals surface area contributed by atoms with Crippen molar-refractivity contribution in [3.8, 4) is 5.75 Å². The second-order valence-corrected chi connectivity index (χ2v) is 15.1. The minimum atomic E-state index is -5.21. The number of nitrogens with zero attached hydrogens (tertiary/aromatic N) is 1. The number of ether oxygens (including phenoxy) is 1. The summed E-state index contributed by atoms with van der Waals surface area (Å²) in [7, 11) is -8.60. The maximum Gasteiger partial charge on any atom is 0.417 e. The van der Waals surface area contributed by atoms with Crippen LogP contribution in [0.15, 0.2) is 88.7 Å². The highest BCUT2D eigenvalue weighted by Crippen LogP contribution is 2.42. The van der Waals surface area contributed by atoms with Crippen LogP contribution in [0, 0.1) is 0 Å². The van der Waals surface area contributed by atoms with E-state index in [1.54, 1.807) is 42.5 Å². The summed E-state index contributed by atoms with van der Waals surface area (Å²) in [5.41, 5.74) is -4.27. The van der Waals surface area contributed by atoms with Crippen molar-refractivity contribution in [3.63, 3.8) is 0 Å². The smallest absolute Gasteiger partial charge is 0.417 e. The third-order valence-electron chi connectivity index (χ3n) is 8.60. The normalized spacial score (nSPS) is 15.1. The van der Waals surface area contributed by atoms with E-state index in [0.717, 1.165) is 39.1 Å². The quantitative estimate of drug-likeness (QED) is 0.123. The molecule has 4 aromatic rings. The monoisotopic (exact) mass is 776 g/mol. The van der Waals surface area contributed by atoms with Gasteiger partial charge in [0.25, 0.3) is 26.1 Å². The zero-order valence-electron chi connectivity index (χ0n) is 27.8. The van der Waals surface area contributed by atoms with Gasteiger partial charge in [-0.15, -0.1) is 0 Å². The summed E-state index contributed by atoms with van der Waals surface area (Å²) < 4.78 is 149. The lowest BCUT2D eigenvalue weighted by Gasteiger charge is -2.42. The van der Waals surface area contributed by atoms with Crippen molar-refractivity contribution in [1.82, 2.24) is 10.2 Å². The Kier molecular flexibility index (Phi) is 11.7. The van der Waals surface area contributed by atoms with Crippen LogP contribution >= 0.6 is 0 Å². The summed E-state index contributed by atoms with van der Waals surface area (Å²) in [5, 5.41) is 3.12. The Morgan fingerprint density at radius 1 is 0.808 bits per heavy atom. The number of methoxy groups -OCH3 is 1. The molecule has 1 aliphatic heterocycles. The predicted octanol–water partition coefficient (Wildman–Crippen LogP) is 7.41. The SMILES string of the molecule is COc1cc(C(F)(F)F)cc(C(F)(F)F)c1C(=O)NC(c1ccccc1)C(C)(C)N1CCCC1.O=S(=O)(O)c1ccc2ccccc2c1S(=O)(=O)O. The fourth-order valence-corrected chi connectivity index (χ4v) is 8.08. The highest BCUT2D eigenvalue weighted by atomic mass is 32.2. The Labute approximate surface area is 295 Å². The third kappa shape index (κ3) is 9.03. The van der Waals surface area contributed by atoms with Crippen molar-refractivity contribution in [2.75, 3.05) is 20.2 Å². The molecule has 0 aliphatic carbocycles. The second kappa shape index (κ2) is 15.0. The number of carbonyl (C=O) groups excluding carboxylic acids is 1. The van der Waals surface area contributed by atoms with Gasteiger partial charge in [-0.1, -0.05) is 60.7 Å². The lowest BCUT2D eigenvalue weighted by atomic mass is 9.86. The van der Waals surface area contributed by atoms with Gasteiger partial charge in [-0.3, -0.25) is 18.8 Å². The molecule has 0 aromatic heterocycles. The van der Waals surface area contributed by atoms with Crippen molar-refractivity contribution >= 4 is 36.9 Å². The van der Waals surface area contributed by atoms with Gasteiger partial charge in [0.15, 0.2) is 0 Å². The number of hydrogen-bond acceptors (Lipinski definition) is 7. The number of fused-ring (bicyclic) bond motifs is 1. The average Bonchev–Trinajstić information content (AvgIpc) is 3.61. The summed E-state index contributed by atoms with van der Waals surface area (Å²) in [6, 6.07) is 16.6. The lowest BCUT2D eigenvalue weighted by molar-refractivity contribution is -0.143. The molecule has 0 radical (unpaired) electrons. The number of hydrogen-bond donors (Lipinski definition) is 3. The lowest BCUT2D eigenvalue weighted by Crippen LogP contribution is -2.53. The fraction of sp³-hybridized carbons (Fsp3) is 0.324. The molecular weight excluding hydrogens is 743 g/mol. The summed E-state index contributed by atoms with van der Waals surface area (Å²) in [6.07, 6.45) is -8.37. The molecule has 18 heteroatoms. The highest BCUT2D eigenvalue weighted by molar-refractivity contribution is 7.89. The van der Waals surface area contributed by atoms with Gasteiger partial charge in [-0.2, -0.15) is 43.2 Å². The van der Waals surface area contributed by atoms with E-state index in [-0.39, 0.29) is 11.5 Å². The van der Waals surface area contributed by atoms with Crippen LogP contribution in [0.5, 0.6) is 5.75 Å². The molecule has 1 atom stereocenters. The third-order valence-corrected chi connectivity index (χ3v) is 10.6. The molecule has 0 saturated carbocycles. The Balaban J connectivity index is 0.000000281. The standard InChI is InChI=1S/C24H26F6N2O2.C10H8O6S2/c1-22(2,32-11-7-8-12-32)20(15-9-5-4-6-10-15)31-21(33)19-17(24(28,29)30)13-16(23(25,26)27)14-18(19)34-3;11-17(12,13)9-6-5-7-3-1-2-4-8(7)10(9)18(14,15)16/h4-6,9-10,13-14,20H,7-8,11-12H2,1-3H3,(H,31,33);1-6H,(H,11,12,13)(H,14,15,16). The number of benzene rings is 4. The summed E-state index contributed by atoms with van der Waals surface area (Å²) in [6.45, 7) is 5.27. The number of carbonyl (C=O) groups is 1. The van der Waals surface area contributed by atoms with Gasteiger partial charge in [0.2, 0.25) is 0 Å². The van der Waals surface area contributed by atoms with E-state index in [0.29, 0.717) is 17.0 Å². The van der Waals surface area contributed by atoms with Crippen molar-refractivity contribution < 1.29 is 61.8 Å². The van der Waals surface area contributed by atoms with Crippen LogP contribution in [0.4, 0.5) is 26.3 Å². The van der Waals surface area contributed by atoms with E-state index in [4.69, 9.17) is 13.8 Å². The van der Waals surface area contributed by atoms with Gasteiger partial charge in [0.05, 0.1) is 29.8 Å². The number of amides is 1. The number of halogens is 6. The van der Waals surface area contributed by atoms with Crippen LogP contribution in [-0.4, -0.2) is 62.5 Å². The number of nitrogens with one attached hydrogen (secondary N) is 1. The van der Waals surface area contributed by atoms with Crippen LogP contribution in [0.25, 0.3) is 10.8 Å². The molecule has 282 valence electrons. The number of rotatable bonds is 8. The molecule has 3 N–H and O–H groups in total. The Morgan fingerprint density at radius 3 is 1.90 bits per heavy atom. The Morgan fingerprint density at radius 2 is 1.38 bits per heavy atom. The van der Waals surface area contributed by atoms with E-state index in [2.05, 4.69) is 10.2 Å². The molecule has 1 aliphatic rings. The Bertz CT molecular complexity index is 2150. The summed E-state index contributed by atoms with van der Waals surface area (Å²) in [5.74, 6) is -1.97. The zero-order valence-corrected chi connectivity index (χ0v) is 29.4. The average molecular weight is 777 g/mol. The molecule has 1 unspecified atom stereocenters. The van der Waals surface area contributed by atoms with Crippen molar-refractivity contribution in [2.45, 2.75) is 60.4 Å². The maximum absolute atomic E-state index is 13.8. The van der Waals surface area contributed by atoms with Crippen molar-refractivity contribution in [2.24, 2.45) is 0 Å². The van der Waals surface area contributed by atoms with Crippen LogP contribution in [-0.2, 0) is 32.6 Å². The van der Waals surface area contributed by atoms with Gasteiger partial charge in [0, 0.05) is 10.9 Å². The highest BCUT2D eigenvalue weighted by Gasteiger charge is 2.44. The van der Waals surface area contributed by atoms with E-state index >= 15 is 0 Å².